The molecule has 32 heavy (non-hydrogen) atoms. The van der Waals surface area contributed by atoms with Gasteiger partial charge in [0.15, 0.2) is 5.76 Å². The van der Waals surface area contributed by atoms with Crippen molar-refractivity contribution in [1.82, 2.24) is 19.5 Å². The zero-order chi connectivity index (χ0) is 23.4. The number of rotatable bonds is 9. The van der Waals surface area contributed by atoms with E-state index in [1.54, 1.807) is 6.92 Å². The van der Waals surface area contributed by atoms with Gasteiger partial charge in [-0.25, -0.2) is 21.6 Å². The Morgan fingerprint density at radius 2 is 1.91 bits per heavy atom. The monoisotopic (exact) mass is 484 g/mol. The lowest BCUT2D eigenvalue weighted by Gasteiger charge is -2.31. The summed E-state index contributed by atoms with van der Waals surface area (Å²) < 4.78 is 59.1. The van der Waals surface area contributed by atoms with E-state index in [0.29, 0.717) is 19.4 Å². The lowest BCUT2D eigenvalue weighted by molar-refractivity contribution is -0.125. The fourth-order valence-electron chi connectivity index (χ4n) is 3.66. The number of carbonyl (C=O) groups is 1. The van der Waals surface area contributed by atoms with Crippen LogP contribution in [0.25, 0.3) is 0 Å². The number of piperidine rings is 1. The van der Waals surface area contributed by atoms with E-state index in [1.807, 2.05) is 30.3 Å². The topological polar surface area (TPSA) is 139 Å². The van der Waals surface area contributed by atoms with Crippen LogP contribution in [0.2, 0.25) is 0 Å². The highest BCUT2D eigenvalue weighted by atomic mass is 32.2. The second kappa shape index (κ2) is 10.1. The molecular weight excluding hydrogens is 456 g/mol. The summed E-state index contributed by atoms with van der Waals surface area (Å²) in [6.45, 7) is 3.53. The molecule has 176 valence electrons. The molecule has 10 nitrogen and oxygen atoms in total. The quantitative estimate of drug-likeness (QED) is 0.540. The second-order valence-corrected chi connectivity index (χ2v) is 11.6. The molecule has 0 radical (unpaired) electrons. The van der Waals surface area contributed by atoms with Crippen molar-refractivity contribution < 1.29 is 26.2 Å². The Morgan fingerprint density at radius 3 is 2.56 bits per heavy atom. The molecule has 1 fully saturated rings. The van der Waals surface area contributed by atoms with Gasteiger partial charge in [0.2, 0.25) is 26.0 Å². The predicted octanol–water partition coefficient (Wildman–Crippen LogP) is 0.928. The van der Waals surface area contributed by atoms with Crippen LogP contribution >= 0.6 is 0 Å². The van der Waals surface area contributed by atoms with Gasteiger partial charge in [-0.15, -0.1) is 0 Å². The van der Waals surface area contributed by atoms with Gasteiger partial charge in [0.25, 0.3) is 0 Å². The molecule has 0 aliphatic carbocycles. The van der Waals surface area contributed by atoms with Crippen LogP contribution < -0.4 is 10.0 Å². The number of hydrogen-bond acceptors (Lipinski definition) is 7. The van der Waals surface area contributed by atoms with Gasteiger partial charge in [0.1, 0.15) is 10.6 Å². The Hall–Kier alpha value is -2.28. The fourth-order valence-corrected chi connectivity index (χ4v) is 6.38. The van der Waals surface area contributed by atoms with Crippen molar-refractivity contribution in [1.29, 1.82) is 0 Å². The average molecular weight is 485 g/mol. The number of sulfonamides is 2. The summed E-state index contributed by atoms with van der Waals surface area (Å²) in [4.78, 5) is 12.6. The van der Waals surface area contributed by atoms with Gasteiger partial charge >= 0.3 is 0 Å². The third kappa shape index (κ3) is 5.94. The van der Waals surface area contributed by atoms with Crippen LogP contribution in [0, 0.1) is 19.8 Å². The van der Waals surface area contributed by atoms with E-state index >= 15 is 0 Å². The van der Waals surface area contributed by atoms with Crippen molar-refractivity contribution in [3.05, 3.63) is 47.3 Å². The number of amides is 1. The SMILES string of the molecule is Cc1noc(C)c1S(=O)(=O)N1CCCC(C(=O)NCCS(=O)(=O)NCc2ccccc2)C1. The number of aryl methyl sites for hydroxylation is 2. The molecule has 1 aliphatic rings. The molecule has 0 spiro atoms. The van der Waals surface area contributed by atoms with Gasteiger partial charge in [-0.1, -0.05) is 35.5 Å². The lowest BCUT2D eigenvalue weighted by atomic mass is 9.99. The molecule has 1 aromatic carbocycles. The van der Waals surface area contributed by atoms with E-state index < -0.39 is 26.0 Å². The molecule has 12 heteroatoms. The lowest BCUT2D eigenvalue weighted by Crippen LogP contribution is -2.46. The van der Waals surface area contributed by atoms with E-state index in [4.69, 9.17) is 4.52 Å². The van der Waals surface area contributed by atoms with E-state index in [2.05, 4.69) is 15.2 Å². The molecule has 3 rings (SSSR count). The number of aromatic nitrogens is 1. The number of carbonyl (C=O) groups excluding carboxylic acids is 1. The molecule has 0 bridgehead atoms. The molecule has 2 N–H and O–H groups in total. The average Bonchev–Trinajstić information content (AvgIpc) is 3.11. The van der Waals surface area contributed by atoms with Gasteiger partial charge < -0.3 is 9.84 Å². The largest absolute Gasteiger partial charge is 0.360 e. The van der Waals surface area contributed by atoms with Crippen molar-refractivity contribution in [2.75, 3.05) is 25.4 Å². The maximum atomic E-state index is 13.0. The minimum Gasteiger partial charge on any atom is -0.360 e. The molecule has 0 saturated carbocycles. The molecule has 1 unspecified atom stereocenters. The Bertz CT molecular complexity index is 1130. The highest BCUT2D eigenvalue weighted by Gasteiger charge is 2.36. The highest BCUT2D eigenvalue weighted by Crippen LogP contribution is 2.27. The Balaban J connectivity index is 1.52. The summed E-state index contributed by atoms with van der Waals surface area (Å²) in [6.07, 6.45) is 1.05. The maximum Gasteiger partial charge on any atom is 0.248 e. The normalized spacial score (nSPS) is 17.9. The van der Waals surface area contributed by atoms with E-state index in [0.717, 1.165) is 5.56 Å². The minimum absolute atomic E-state index is 0.0250. The fraction of sp³-hybridized carbons (Fsp3) is 0.500. The molecule has 1 saturated heterocycles. The Labute approximate surface area is 188 Å². The van der Waals surface area contributed by atoms with E-state index in [9.17, 15) is 21.6 Å². The van der Waals surface area contributed by atoms with Crippen LogP contribution in [0.5, 0.6) is 0 Å². The predicted molar refractivity (Wildman–Crippen MR) is 118 cm³/mol. The van der Waals surface area contributed by atoms with Crippen LogP contribution in [-0.2, 0) is 31.4 Å². The van der Waals surface area contributed by atoms with E-state index in [1.165, 1.54) is 11.2 Å². The highest BCUT2D eigenvalue weighted by molar-refractivity contribution is 7.89. The smallest absolute Gasteiger partial charge is 0.248 e. The third-order valence-electron chi connectivity index (χ3n) is 5.33. The van der Waals surface area contributed by atoms with Crippen LogP contribution in [0.15, 0.2) is 39.8 Å². The van der Waals surface area contributed by atoms with Crippen molar-refractivity contribution in [3.8, 4) is 0 Å². The zero-order valence-electron chi connectivity index (χ0n) is 18.1. The summed E-state index contributed by atoms with van der Waals surface area (Å²) >= 11 is 0. The second-order valence-electron chi connectivity index (χ2n) is 7.77. The van der Waals surface area contributed by atoms with Crippen molar-refractivity contribution in [3.63, 3.8) is 0 Å². The summed E-state index contributed by atoms with van der Waals surface area (Å²) in [7, 11) is -7.40. The first kappa shape index (κ1) is 24.4. The third-order valence-corrected chi connectivity index (χ3v) is 8.77. The minimum atomic E-state index is -3.83. The first-order valence-corrected chi connectivity index (χ1v) is 13.4. The van der Waals surface area contributed by atoms with Crippen molar-refractivity contribution in [2.45, 2.75) is 38.1 Å². The van der Waals surface area contributed by atoms with Gasteiger partial charge in [-0.3, -0.25) is 4.79 Å². The molecule has 1 atom stereocenters. The maximum absolute atomic E-state index is 13.0. The van der Waals surface area contributed by atoms with Crippen molar-refractivity contribution >= 4 is 26.0 Å². The standard InChI is InChI=1S/C20H28N4O6S2/c1-15-19(16(2)30-23-15)32(28,29)24-11-6-9-18(14-24)20(25)21-10-12-31(26,27)22-13-17-7-4-3-5-8-17/h3-5,7-8,18,22H,6,9-14H2,1-2H3,(H,21,25). The van der Waals surface area contributed by atoms with Gasteiger partial charge in [0, 0.05) is 26.2 Å². The Morgan fingerprint density at radius 1 is 1.19 bits per heavy atom. The van der Waals surface area contributed by atoms with Gasteiger partial charge in [-0.05, 0) is 32.3 Å². The number of nitrogens with one attached hydrogen (secondary N) is 2. The molecular formula is C20H28N4O6S2. The number of benzene rings is 1. The van der Waals surface area contributed by atoms with Gasteiger partial charge in [0.05, 0.1) is 11.7 Å². The summed E-state index contributed by atoms with van der Waals surface area (Å²) in [5.41, 5.74) is 1.11. The molecule has 2 heterocycles. The molecule has 1 aliphatic heterocycles. The van der Waals surface area contributed by atoms with Gasteiger partial charge in [-0.2, -0.15) is 4.31 Å². The van der Waals surface area contributed by atoms with Crippen molar-refractivity contribution in [2.24, 2.45) is 5.92 Å². The summed E-state index contributed by atoms with van der Waals surface area (Å²) in [5.74, 6) is -0.970. The van der Waals surface area contributed by atoms with Crippen LogP contribution in [-0.4, -0.2) is 57.6 Å². The molecule has 2 aromatic rings. The zero-order valence-corrected chi connectivity index (χ0v) is 19.7. The molecule has 1 amide bonds. The molecule has 1 aromatic heterocycles. The van der Waals surface area contributed by atoms with Crippen LogP contribution in [0.4, 0.5) is 0 Å². The summed E-state index contributed by atoms with van der Waals surface area (Å²) in [5, 5.41) is 6.33. The Kier molecular flexibility index (Phi) is 7.70. The summed E-state index contributed by atoms with van der Waals surface area (Å²) in [6, 6.07) is 9.12. The van der Waals surface area contributed by atoms with Crippen LogP contribution in [0.3, 0.4) is 0 Å². The first-order valence-electron chi connectivity index (χ1n) is 10.3. The first-order chi connectivity index (χ1) is 15.1. The van der Waals surface area contributed by atoms with E-state index in [-0.39, 0.29) is 47.6 Å². The number of nitrogens with zero attached hydrogens (tertiary/aromatic N) is 2. The van der Waals surface area contributed by atoms with Crippen LogP contribution in [0.1, 0.15) is 29.9 Å². The number of hydrogen-bond donors (Lipinski definition) is 2.